The predicted molar refractivity (Wildman–Crippen MR) is 71.8 cm³/mol. The number of fused-ring (bicyclic) bond motifs is 1. The van der Waals surface area contributed by atoms with Crippen LogP contribution in [0.3, 0.4) is 0 Å². The average molecular weight is 261 g/mol. The second-order valence-electron chi connectivity index (χ2n) is 5.19. The van der Waals surface area contributed by atoms with Crippen LogP contribution in [0, 0.1) is 5.82 Å². The molecule has 19 heavy (non-hydrogen) atoms. The van der Waals surface area contributed by atoms with Crippen molar-refractivity contribution in [2.75, 3.05) is 5.73 Å². The minimum Gasteiger partial charge on any atom is -0.438 e. The molecule has 3 nitrogen and oxygen atoms in total. The first-order valence-corrected chi connectivity index (χ1v) is 6.68. The second-order valence-corrected chi connectivity index (χ2v) is 5.19. The fraction of sp³-hybridized carbons (Fsp3) is 0.400. The summed E-state index contributed by atoms with van der Waals surface area (Å²) in [6.45, 7) is 0. The Morgan fingerprint density at radius 2 is 1.95 bits per heavy atom. The largest absolute Gasteiger partial charge is 0.438 e. The van der Waals surface area contributed by atoms with Crippen LogP contribution in [0.4, 0.5) is 10.3 Å². The highest BCUT2D eigenvalue weighted by atomic mass is 19.1. The van der Waals surface area contributed by atoms with Gasteiger partial charge in [-0.3, -0.25) is 4.79 Å². The van der Waals surface area contributed by atoms with Crippen molar-refractivity contribution in [2.24, 2.45) is 0 Å². The summed E-state index contributed by atoms with van der Waals surface area (Å²) in [6.07, 6.45) is 5.23. The fourth-order valence-electron chi connectivity index (χ4n) is 2.93. The van der Waals surface area contributed by atoms with E-state index in [1.54, 1.807) is 0 Å². The van der Waals surface area contributed by atoms with Gasteiger partial charge in [-0.2, -0.15) is 0 Å². The molecule has 0 aromatic rings. The Balaban J connectivity index is 2.18. The smallest absolute Gasteiger partial charge is 0.191 e. The van der Waals surface area contributed by atoms with E-state index in [9.17, 15) is 9.18 Å². The van der Waals surface area contributed by atoms with Gasteiger partial charge in [0.05, 0.1) is 5.56 Å². The zero-order valence-corrected chi connectivity index (χ0v) is 10.6. The molecule has 0 amide bonds. The average Bonchev–Trinajstić information content (AvgIpc) is 2.43. The molecule has 0 bridgehead atoms. The maximum atomic E-state index is 14.5. The lowest BCUT2D eigenvalue weighted by atomic mass is 9.83. The molecule has 2 N–H and O–H groups in total. The van der Waals surface area contributed by atoms with Crippen LogP contribution in [0.15, 0.2) is 27.4 Å². The number of hydrogen-bond donors (Lipinski definition) is 1. The van der Waals surface area contributed by atoms with Gasteiger partial charge >= 0.3 is 0 Å². The van der Waals surface area contributed by atoms with E-state index < -0.39 is 5.82 Å². The summed E-state index contributed by atoms with van der Waals surface area (Å²) < 4.78 is 19.7. The van der Waals surface area contributed by atoms with E-state index in [2.05, 4.69) is 0 Å². The summed E-state index contributed by atoms with van der Waals surface area (Å²) in [5.74, 6) is -0.184. The fourth-order valence-corrected chi connectivity index (χ4v) is 2.93. The molecule has 0 radical (unpaired) electrons. The Morgan fingerprint density at radius 1 is 1.21 bits per heavy atom. The summed E-state index contributed by atoms with van der Waals surface area (Å²) in [5, 5.41) is 0. The number of rotatable bonds is 1. The quantitative estimate of drug-likeness (QED) is 0.854. The van der Waals surface area contributed by atoms with Crippen molar-refractivity contribution >= 4 is 5.88 Å². The van der Waals surface area contributed by atoms with E-state index in [0.717, 1.165) is 25.7 Å². The normalized spacial score (nSPS) is 16.9. The van der Waals surface area contributed by atoms with Crippen molar-refractivity contribution in [3.63, 3.8) is 0 Å². The number of anilines is 1. The molecular weight excluding hydrogens is 245 g/mol. The molecule has 3 rings (SSSR count). The third-order valence-corrected chi connectivity index (χ3v) is 3.93. The molecule has 1 aliphatic heterocycles. The Kier molecular flexibility index (Phi) is 3.01. The van der Waals surface area contributed by atoms with Crippen LogP contribution in [0.1, 0.15) is 43.6 Å². The maximum Gasteiger partial charge on any atom is 0.191 e. The van der Waals surface area contributed by atoms with E-state index in [1.165, 1.54) is 24.6 Å². The lowest BCUT2D eigenvalue weighted by molar-refractivity contribution is 0.424. The Hall–Kier alpha value is -1.84. The zero-order valence-electron chi connectivity index (χ0n) is 10.6. The van der Waals surface area contributed by atoms with Crippen LogP contribution in [0.2, 0.25) is 0 Å². The standard InChI is InChI=1S/C15H16FNO2/c16-14-11(9-4-2-1-3-5-9)8-12(18)10-6-7-13(17)19-15(10)14/h6-9H,1-5,17H2. The maximum absolute atomic E-state index is 14.5. The summed E-state index contributed by atoms with van der Waals surface area (Å²) in [7, 11) is 0. The van der Waals surface area contributed by atoms with Crippen molar-refractivity contribution in [2.45, 2.75) is 38.0 Å². The van der Waals surface area contributed by atoms with Gasteiger partial charge < -0.3 is 10.2 Å². The van der Waals surface area contributed by atoms with Gasteiger partial charge in [-0.15, -0.1) is 0 Å². The lowest BCUT2D eigenvalue weighted by Gasteiger charge is -2.23. The van der Waals surface area contributed by atoms with E-state index >= 15 is 0 Å². The molecule has 0 spiro atoms. The van der Waals surface area contributed by atoms with E-state index in [4.69, 9.17) is 10.2 Å². The first kappa shape index (κ1) is 12.2. The zero-order chi connectivity index (χ0) is 13.4. The van der Waals surface area contributed by atoms with Crippen LogP contribution >= 0.6 is 0 Å². The number of halogens is 1. The van der Waals surface area contributed by atoms with Crippen molar-refractivity contribution in [1.29, 1.82) is 0 Å². The Bertz CT molecular complexity index is 629. The monoisotopic (exact) mass is 261 g/mol. The Labute approximate surface area is 110 Å². The molecule has 1 heterocycles. The topological polar surface area (TPSA) is 56.2 Å². The lowest BCUT2D eigenvalue weighted by Crippen LogP contribution is -2.15. The highest BCUT2D eigenvalue weighted by Crippen LogP contribution is 2.36. The molecule has 2 aliphatic carbocycles. The molecular formula is C15H16FNO2. The molecule has 3 aliphatic rings. The molecule has 0 aromatic carbocycles. The highest BCUT2D eigenvalue weighted by molar-refractivity contribution is 5.62. The van der Waals surface area contributed by atoms with Crippen molar-refractivity contribution in [3.05, 3.63) is 39.8 Å². The van der Waals surface area contributed by atoms with Crippen LogP contribution in [-0.2, 0) is 0 Å². The van der Waals surface area contributed by atoms with Gasteiger partial charge in [-0.05, 0) is 42.5 Å². The van der Waals surface area contributed by atoms with Gasteiger partial charge in [0, 0.05) is 0 Å². The summed E-state index contributed by atoms with van der Waals surface area (Å²) in [5.41, 5.74) is 6.09. The van der Waals surface area contributed by atoms with Gasteiger partial charge in [-0.25, -0.2) is 4.39 Å². The SMILES string of the molecule is Nc1ccc2c(=O)cc(C3CCCCC3)c(F)c-2o1. The van der Waals surface area contributed by atoms with Crippen molar-refractivity contribution in [1.82, 2.24) is 0 Å². The first-order chi connectivity index (χ1) is 9.16. The summed E-state index contributed by atoms with van der Waals surface area (Å²) in [4.78, 5) is 12.0. The van der Waals surface area contributed by atoms with Crippen molar-refractivity contribution < 1.29 is 8.81 Å². The molecule has 0 atom stereocenters. The van der Waals surface area contributed by atoms with Crippen LogP contribution in [0.5, 0.6) is 0 Å². The van der Waals surface area contributed by atoms with Gasteiger partial charge in [0.2, 0.25) is 0 Å². The molecule has 4 heteroatoms. The van der Waals surface area contributed by atoms with Gasteiger partial charge in [0.15, 0.2) is 22.9 Å². The molecule has 100 valence electrons. The number of nitrogens with two attached hydrogens (primary N) is 1. The summed E-state index contributed by atoms with van der Waals surface area (Å²) >= 11 is 0. The summed E-state index contributed by atoms with van der Waals surface area (Å²) in [6, 6.07) is 4.42. The third kappa shape index (κ3) is 2.11. The minimum absolute atomic E-state index is 0.00641. The molecule has 0 saturated heterocycles. The van der Waals surface area contributed by atoms with Gasteiger partial charge in [-0.1, -0.05) is 19.3 Å². The molecule has 1 fully saturated rings. The van der Waals surface area contributed by atoms with Gasteiger partial charge in [0.1, 0.15) is 0 Å². The van der Waals surface area contributed by atoms with Gasteiger partial charge in [0.25, 0.3) is 0 Å². The van der Waals surface area contributed by atoms with E-state index in [-0.39, 0.29) is 28.6 Å². The number of benzene rings is 1. The van der Waals surface area contributed by atoms with Crippen molar-refractivity contribution in [3.8, 4) is 11.3 Å². The number of nitrogen functional groups attached to an aromatic ring is 1. The Morgan fingerprint density at radius 3 is 2.68 bits per heavy atom. The van der Waals surface area contributed by atoms with E-state index in [0.29, 0.717) is 5.56 Å². The third-order valence-electron chi connectivity index (χ3n) is 3.93. The number of hydrogen-bond acceptors (Lipinski definition) is 3. The van der Waals surface area contributed by atoms with Crippen LogP contribution in [-0.4, -0.2) is 0 Å². The molecule has 1 saturated carbocycles. The second kappa shape index (κ2) is 4.68. The highest BCUT2D eigenvalue weighted by Gasteiger charge is 2.25. The van der Waals surface area contributed by atoms with Crippen LogP contribution in [0.25, 0.3) is 11.3 Å². The molecule has 0 unspecified atom stereocenters. The minimum atomic E-state index is -0.422. The van der Waals surface area contributed by atoms with E-state index in [1.807, 2.05) is 0 Å². The molecule has 0 aromatic heterocycles. The first-order valence-electron chi connectivity index (χ1n) is 6.68. The predicted octanol–water partition coefficient (Wildman–Crippen LogP) is 3.51. The van der Waals surface area contributed by atoms with Crippen LogP contribution < -0.4 is 11.2 Å².